The van der Waals surface area contributed by atoms with Gasteiger partial charge in [0.1, 0.15) is 5.75 Å². The van der Waals surface area contributed by atoms with Crippen LogP contribution >= 0.6 is 0 Å². The Kier molecular flexibility index (Phi) is 5.42. The van der Waals surface area contributed by atoms with Crippen molar-refractivity contribution in [3.05, 3.63) is 59.8 Å². The van der Waals surface area contributed by atoms with E-state index in [1.165, 1.54) is 0 Å². The van der Waals surface area contributed by atoms with E-state index in [4.69, 9.17) is 15.6 Å². The van der Waals surface area contributed by atoms with E-state index in [0.29, 0.717) is 18.0 Å². The first-order valence-corrected chi connectivity index (χ1v) is 8.48. The highest BCUT2D eigenvalue weighted by Gasteiger charge is 2.15. The van der Waals surface area contributed by atoms with Crippen molar-refractivity contribution in [2.45, 2.75) is 13.0 Å². The fraction of sp³-hybridized carbons (Fsp3) is 0.200. The molecule has 1 aliphatic rings. The number of nitrogens with zero attached hydrogens (tertiary/aromatic N) is 1. The molecule has 0 atom stereocenters. The average Bonchev–Trinajstić information content (AvgIpc) is 2.97. The van der Waals surface area contributed by atoms with Crippen molar-refractivity contribution in [2.75, 3.05) is 11.9 Å². The molecule has 27 heavy (non-hydrogen) atoms. The summed E-state index contributed by atoms with van der Waals surface area (Å²) < 4.78 is 7.13. The fourth-order valence-corrected chi connectivity index (χ4v) is 2.99. The SMILES string of the molecule is Cn1cc(CC(=O)O)c2ccccc21.NCc1ccc2c(c1)NC(=O)CO2. The van der Waals surface area contributed by atoms with Gasteiger partial charge in [-0.15, -0.1) is 0 Å². The maximum atomic E-state index is 11.0. The molecule has 1 aromatic heterocycles. The summed E-state index contributed by atoms with van der Waals surface area (Å²) in [5.41, 5.74) is 9.09. The number of rotatable bonds is 3. The highest BCUT2D eigenvalue weighted by Crippen LogP contribution is 2.28. The van der Waals surface area contributed by atoms with Crippen molar-refractivity contribution in [1.29, 1.82) is 0 Å². The Morgan fingerprint density at radius 1 is 1.30 bits per heavy atom. The van der Waals surface area contributed by atoms with Crippen LogP contribution in [-0.2, 0) is 29.6 Å². The molecule has 0 saturated heterocycles. The molecule has 4 N–H and O–H groups in total. The molecular formula is C20H21N3O4. The van der Waals surface area contributed by atoms with Gasteiger partial charge in [-0.3, -0.25) is 9.59 Å². The number of fused-ring (bicyclic) bond motifs is 2. The van der Waals surface area contributed by atoms with Crippen LogP contribution in [0.2, 0.25) is 0 Å². The topological polar surface area (TPSA) is 107 Å². The Balaban J connectivity index is 0.000000156. The minimum Gasteiger partial charge on any atom is -0.482 e. The molecule has 0 spiro atoms. The van der Waals surface area contributed by atoms with Gasteiger partial charge >= 0.3 is 5.97 Å². The van der Waals surface area contributed by atoms with Crippen LogP contribution < -0.4 is 15.8 Å². The molecule has 7 heteroatoms. The summed E-state index contributed by atoms with van der Waals surface area (Å²) in [5.74, 6) is -0.208. The Hall–Kier alpha value is -3.32. The number of aliphatic carboxylic acids is 1. The smallest absolute Gasteiger partial charge is 0.307 e. The number of ether oxygens (including phenoxy) is 1. The van der Waals surface area contributed by atoms with E-state index < -0.39 is 5.97 Å². The molecule has 0 unspecified atom stereocenters. The molecule has 3 aromatic rings. The van der Waals surface area contributed by atoms with Gasteiger partial charge in [0.2, 0.25) is 0 Å². The molecule has 0 radical (unpaired) electrons. The highest BCUT2D eigenvalue weighted by atomic mass is 16.5. The number of amides is 1. The second-order valence-corrected chi connectivity index (χ2v) is 6.22. The van der Waals surface area contributed by atoms with Gasteiger partial charge < -0.3 is 25.5 Å². The number of carbonyl (C=O) groups is 2. The standard InChI is InChI=1S/C11H11NO2.C9H10N2O2/c1-12-7-8(6-11(13)14)9-4-2-3-5-10(9)12;10-4-6-1-2-8-7(3-6)11-9(12)5-13-8/h2-5,7H,6H2,1H3,(H,13,14);1-3H,4-5,10H2,(H,11,12). The van der Waals surface area contributed by atoms with Crippen LogP contribution in [0, 0.1) is 0 Å². The summed E-state index contributed by atoms with van der Waals surface area (Å²) >= 11 is 0. The van der Waals surface area contributed by atoms with Gasteiger partial charge in [-0.05, 0) is 29.3 Å². The monoisotopic (exact) mass is 367 g/mol. The number of carboxylic acids is 1. The largest absolute Gasteiger partial charge is 0.482 e. The molecule has 0 saturated carbocycles. The van der Waals surface area contributed by atoms with E-state index in [9.17, 15) is 9.59 Å². The molecule has 4 rings (SSSR count). The maximum Gasteiger partial charge on any atom is 0.307 e. The van der Waals surface area contributed by atoms with Gasteiger partial charge in [0.25, 0.3) is 5.91 Å². The van der Waals surface area contributed by atoms with Crippen molar-refractivity contribution >= 4 is 28.5 Å². The molecule has 0 fully saturated rings. The third kappa shape index (κ3) is 4.27. The van der Waals surface area contributed by atoms with Gasteiger partial charge in [-0.25, -0.2) is 0 Å². The van der Waals surface area contributed by atoms with Gasteiger partial charge in [0, 0.05) is 30.7 Å². The number of hydrogen-bond acceptors (Lipinski definition) is 4. The Labute approximate surface area is 156 Å². The maximum absolute atomic E-state index is 11.0. The number of benzene rings is 2. The van der Waals surface area contributed by atoms with Crippen molar-refractivity contribution < 1.29 is 19.4 Å². The molecule has 1 amide bonds. The number of nitrogens with one attached hydrogen (secondary N) is 1. The quantitative estimate of drug-likeness (QED) is 0.658. The minimum absolute atomic E-state index is 0.0847. The van der Waals surface area contributed by atoms with E-state index in [1.54, 1.807) is 0 Å². The predicted octanol–water partition coefficient (Wildman–Crippen LogP) is 2.28. The van der Waals surface area contributed by atoms with Gasteiger partial charge in [-0.2, -0.15) is 0 Å². The number of para-hydroxylation sites is 1. The lowest BCUT2D eigenvalue weighted by molar-refractivity contribution is -0.136. The summed E-state index contributed by atoms with van der Waals surface area (Å²) in [6, 6.07) is 13.3. The number of hydrogen-bond donors (Lipinski definition) is 3. The van der Waals surface area contributed by atoms with Gasteiger partial charge in [-0.1, -0.05) is 24.3 Å². The summed E-state index contributed by atoms with van der Waals surface area (Å²) in [6.45, 7) is 0.554. The zero-order valence-corrected chi connectivity index (χ0v) is 14.9. The van der Waals surface area contributed by atoms with Crippen molar-refractivity contribution in [1.82, 2.24) is 4.57 Å². The zero-order valence-electron chi connectivity index (χ0n) is 14.9. The van der Waals surface area contributed by atoms with Crippen molar-refractivity contribution in [2.24, 2.45) is 12.8 Å². The van der Waals surface area contributed by atoms with Crippen LogP contribution in [0.25, 0.3) is 10.9 Å². The first kappa shape index (κ1) is 18.5. The molecular weight excluding hydrogens is 346 g/mol. The molecule has 7 nitrogen and oxygen atoms in total. The minimum atomic E-state index is -0.790. The summed E-state index contributed by atoms with van der Waals surface area (Å²) in [7, 11) is 1.92. The van der Waals surface area contributed by atoms with E-state index in [1.807, 2.05) is 60.3 Å². The number of aryl methyl sites for hydroxylation is 1. The number of anilines is 1. The van der Waals surface area contributed by atoms with Crippen molar-refractivity contribution in [3.63, 3.8) is 0 Å². The lowest BCUT2D eigenvalue weighted by Crippen LogP contribution is -2.25. The Morgan fingerprint density at radius 3 is 2.81 bits per heavy atom. The van der Waals surface area contributed by atoms with Gasteiger partial charge in [0.15, 0.2) is 6.61 Å². The average molecular weight is 367 g/mol. The Morgan fingerprint density at radius 2 is 2.07 bits per heavy atom. The number of carboxylic acid groups (broad SMARTS) is 1. The van der Waals surface area contributed by atoms with Crippen LogP contribution in [-0.4, -0.2) is 28.2 Å². The first-order chi connectivity index (χ1) is 13.0. The van der Waals surface area contributed by atoms with Crippen LogP contribution in [0.3, 0.4) is 0 Å². The summed E-state index contributed by atoms with van der Waals surface area (Å²) in [5, 5.41) is 12.5. The van der Waals surface area contributed by atoms with E-state index in [2.05, 4.69) is 5.32 Å². The van der Waals surface area contributed by atoms with Gasteiger partial charge in [0.05, 0.1) is 12.1 Å². The highest BCUT2D eigenvalue weighted by molar-refractivity contribution is 5.95. The van der Waals surface area contributed by atoms with E-state index in [-0.39, 0.29) is 18.9 Å². The third-order valence-electron chi connectivity index (χ3n) is 4.23. The van der Waals surface area contributed by atoms with Crippen LogP contribution in [0.4, 0.5) is 5.69 Å². The number of nitrogens with two attached hydrogens (primary N) is 1. The van der Waals surface area contributed by atoms with Crippen LogP contribution in [0.5, 0.6) is 5.75 Å². The number of carbonyl (C=O) groups excluding carboxylic acids is 1. The molecule has 0 aliphatic carbocycles. The second-order valence-electron chi connectivity index (χ2n) is 6.22. The molecule has 0 bridgehead atoms. The van der Waals surface area contributed by atoms with Crippen LogP contribution in [0.1, 0.15) is 11.1 Å². The molecule has 1 aliphatic heterocycles. The second kappa shape index (κ2) is 7.92. The van der Waals surface area contributed by atoms with Crippen LogP contribution in [0.15, 0.2) is 48.7 Å². The fourth-order valence-electron chi connectivity index (χ4n) is 2.99. The Bertz CT molecular complexity index is 994. The molecule has 2 aromatic carbocycles. The summed E-state index contributed by atoms with van der Waals surface area (Å²) in [6.07, 6.45) is 1.96. The molecule has 140 valence electrons. The molecule has 2 heterocycles. The van der Waals surface area contributed by atoms with E-state index >= 15 is 0 Å². The first-order valence-electron chi connectivity index (χ1n) is 8.48. The number of aromatic nitrogens is 1. The zero-order chi connectivity index (χ0) is 19.4. The van der Waals surface area contributed by atoms with E-state index in [0.717, 1.165) is 22.0 Å². The lowest BCUT2D eigenvalue weighted by atomic mass is 10.1. The normalized spacial score (nSPS) is 12.4. The lowest BCUT2D eigenvalue weighted by Gasteiger charge is -2.18. The summed E-state index contributed by atoms with van der Waals surface area (Å²) in [4.78, 5) is 21.6. The predicted molar refractivity (Wildman–Crippen MR) is 103 cm³/mol. The third-order valence-corrected chi connectivity index (χ3v) is 4.23. The van der Waals surface area contributed by atoms with Crippen molar-refractivity contribution in [3.8, 4) is 5.75 Å².